The maximum absolute atomic E-state index is 14.4. The van der Waals surface area contributed by atoms with Gasteiger partial charge in [0.1, 0.15) is 18.3 Å². The van der Waals surface area contributed by atoms with E-state index < -0.39 is 28.5 Å². The summed E-state index contributed by atoms with van der Waals surface area (Å²) < 4.78 is 35.3. The number of hydrogen-bond donors (Lipinski definition) is 1. The molecule has 1 N–H and O–H groups in total. The Kier molecular flexibility index (Phi) is 11.4. The molecule has 3 aromatic rings. The molecule has 9 heteroatoms. The average Bonchev–Trinajstić information content (AvgIpc) is 3.02. The van der Waals surface area contributed by atoms with Gasteiger partial charge >= 0.3 is 0 Å². The lowest BCUT2D eigenvalue weighted by Crippen LogP contribution is -2.54. The molecule has 0 bridgehead atoms. The Labute approximate surface area is 262 Å². The Balaban J connectivity index is 1.74. The van der Waals surface area contributed by atoms with Gasteiger partial charge in [0.15, 0.2) is 0 Å². The Morgan fingerprint density at radius 1 is 0.886 bits per heavy atom. The molecule has 1 aliphatic rings. The number of carbonyl (C=O) groups excluding carboxylic acids is 2. The molecular weight excluding hydrogens is 574 g/mol. The van der Waals surface area contributed by atoms with Crippen molar-refractivity contribution in [3.63, 3.8) is 0 Å². The lowest BCUT2D eigenvalue weighted by molar-refractivity contribution is -0.140. The number of para-hydroxylation sites is 2. The van der Waals surface area contributed by atoms with Crippen LogP contribution in [0.15, 0.2) is 77.7 Å². The highest BCUT2D eigenvalue weighted by molar-refractivity contribution is 7.92. The fraction of sp³-hybridized carbons (Fsp3) is 0.429. The van der Waals surface area contributed by atoms with Crippen LogP contribution in [0.3, 0.4) is 0 Å². The van der Waals surface area contributed by atoms with E-state index in [2.05, 4.69) is 5.32 Å². The molecule has 236 valence electrons. The number of carbonyl (C=O) groups is 2. The quantitative estimate of drug-likeness (QED) is 0.248. The third-order valence-corrected chi connectivity index (χ3v) is 9.91. The molecule has 0 heterocycles. The molecule has 1 atom stereocenters. The fourth-order valence-corrected chi connectivity index (χ4v) is 7.07. The lowest BCUT2D eigenvalue weighted by Gasteiger charge is -2.34. The number of aryl methyl sites for hydroxylation is 2. The first-order chi connectivity index (χ1) is 21.1. The van der Waals surface area contributed by atoms with Gasteiger partial charge in [-0.25, -0.2) is 8.42 Å². The Morgan fingerprint density at radius 3 is 2.11 bits per heavy atom. The van der Waals surface area contributed by atoms with Crippen molar-refractivity contribution in [1.29, 1.82) is 0 Å². The highest BCUT2D eigenvalue weighted by atomic mass is 32.2. The summed E-state index contributed by atoms with van der Waals surface area (Å²) in [5, 5.41) is 3.19. The van der Waals surface area contributed by atoms with Crippen LogP contribution in [0.25, 0.3) is 0 Å². The highest BCUT2D eigenvalue weighted by Gasteiger charge is 2.35. The van der Waals surface area contributed by atoms with E-state index in [1.165, 1.54) is 4.90 Å². The van der Waals surface area contributed by atoms with Crippen LogP contribution in [0.2, 0.25) is 0 Å². The van der Waals surface area contributed by atoms with Gasteiger partial charge in [0, 0.05) is 12.6 Å². The molecule has 2 amide bonds. The van der Waals surface area contributed by atoms with E-state index >= 15 is 0 Å². The summed E-state index contributed by atoms with van der Waals surface area (Å²) in [5.74, 6) is -0.327. The average molecular weight is 620 g/mol. The number of nitrogens with one attached hydrogen (secondary N) is 1. The van der Waals surface area contributed by atoms with E-state index in [4.69, 9.17) is 4.74 Å². The van der Waals surface area contributed by atoms with E-state index in [1.807, 2.05) is 52.0 Å². The molecule has 3 aromatic carbocycles. The lowest BCUT2D eigenvalue weighted by atomic mass is 9.95. The van der Waals surface area contributed by atoms with Crippen LogP contribution < -0.4 is 14.4 Å². The van der Waals surface area contributed by atoms with Crippen LogP contribution in [0.4, 0.5) is 5.69 Å². The van der Waals surface area contributed by atoms with Gasteiger partial charge in [-0.3, -0.25) is 13.9 Å². The van der Waals surface area contributed by atoms with Gasteiger partial charge in [0.25, 0.3) is 10.0 Å². The van der Waals surface area contributed by atoms with E-state index in [-0.39, 0.29) is 29.1 Å². The van der Waals surface area contributed by atoms with Crippen LogP contribution in [0.1, 0.15) is 69.1 Å². The van der Waals surface area contributed by atoms with Gasteiger partial charge < -0.3 is 15.0 Å². The predicted octanol–water partition coefficient (Wildman–Crippen LogP) is 6.15. The Hall–Kier alpha value is -3.85. The van der Waals surface area contributed by atoms with Gasteiger partial charge in [-0.05, 0) is 69.9 Å². The molecular formula is C35H45N3O5S. The maximum Gasteiger partial charge on any atom is 0.264 e. The molecule has 1 saturated carbocycles. The summed E-state index contributed by atoms with van der Waals surface area (Å²) in [4.78, 5) is 29.7. The molecule has 8 nitrogen and oxygen atoms in total. The zero-order chi connectivity index (χ0) is 31.7. The second kappa shape index (κ2) is 15.2. The summed E-state index contributed by atoms with van der Waals surface area (Å²) in [6, 6.07) is 20.5. The fourth-order valence-electron chi connectivity index (χ4n) is 5.65. The summed E-state index contributed by atoms with van der Waals surface area (Å²) in [5.41, 5.74) is 3.12. The molecule has 1 fully saturated rings. The number of ether oxygens (including phenoxy) is 1. The molecule has 1 aliphatic carbocycles. The molecule has 4 rings (SSSR count). The maximum atomic E-state index is 14.4. The Morgan fingerprint density at radius 2 is 1.50 bits per heavy atom. The topological polar surface area (TPSA) is 96.0 Å². The molecule has 0 aliphatic heterocycles. The number of anilines is 1. The van der Waals surface area contributed by atoms with Crippen molar-refractivity contribution < 1.29 is 22.7 Å². The zero-order valence-electron chi connectivity index (χ0n) is 26.3. The minimum absolute atomic E-state index is 0.0642. The van der Waals surface area contributed by atoms with Gasteiger partial charge in [-0.1, -0.05) is 85.8 Å². The molecule has 0 unspecified atom stereocenters. The van der Waals surface area contributed by atoms with Crippen LogP contribution in [-0.4, -0.2) is 50.4 Å². The third-order valence-electron chi connectivity index (χ3n) is 8.13. The van der Waals surface area contributed by atoms with Crippen molar-refractivity contribution in [1.82, 2.24) is 10.2 Å². The normalized spacial score (nSPS) is 14.5. The highest BCUT2D eigenvalue weighted by Crippen LogP contribution is 2.33. The second-order valence-electron chi connectivity index (χ2n) is 11.5. The zero-order valence-corrected chi connectivity index (χ0v) is 27.1. The molecule has 0 radical (unpaired) electrons. The van der Waals surface area contributed by atoms with Crippen LogP contribution in [-0.2, 0) is 26.2 Å². The predicted molar refractivity (Wildman–Crippen MR) is 174 cm³/mol. The van der Waals surface area contributed by atoms with Crippen molar-refractivity contribution in [2.75, 3.05) is 17.5 Å². The monoisotopic (exact) mass is 619 g/mol. The van der Waals surface area contributed by atoms with Crippen molar-refractivity contribution >= 4 is 27.5 Å². The van der Waals surface area contributed by atoms with E-state index in [9.17, 15) is 18.0 Å². The van der Waals surface area contributed by atoms with Gasteiger partial charge in [-0.15, -0.1) is 0 Å². The number of nitrogens with zero attached hydrogens (tertiary/aromatic N) is 2. The number of amides is 2. The smallest absolute Gasteiger partial charge is 0.264 e. The van der Waals surface area contributed by atoms with Gasteiger partial charge in [0.05, 0.1) is 17.2 Å². The van der Waals surface area contributed by atoms with E-state index in [1.54, 1.807) is 48.5 Å². The molecule has 44 heavy (non-hydrogen) atoms. The van der Waals surface area contributed by atoms with Crippen molar-refractivity contribution in [3.8, 4) is 5.75 Å². The van der Waals surface area contributed by atoms with Crippen molar-refractivity contribution in [2.24, 2.45) is 0 Å². The first kappa shape index (κ1) is 33.1. The molecule has 0 aromatic heterocycles. The van der Waals surface area contributed by atoms with Crippen LogP contribution >= 0.6 is 0 Å². The van der Waals surface area contributed by atoms with E-state index in [0.29, 0.717) is 18.8 Å². The first-order valence-corrected chi connectivity index (χ1v) is 17.0. The van der Waals surface area contributed by atoms with Gasteiger partial charge in [-0.2, -0.15) is 0 Å². The van der Waals surface area contributed by atoms with Crippen molar-refractivity contribution in [2.45, 2.75) is 89.7 Å². The number of hydrogen-bond acceptors (Lipinski definition) is 5. The number of benzene rings is 3. The summed E-state index contributed by atoms with van der Waals surface area (Å²) in [6.07, 6.45) is 5.53. The largest absolute Gasteiger partial charge is 0.492 e. The number of sulfonamides is 1. The molecule has 0 spiro atoms. The van der Waals surface area contributed by atoms with Crippen LogP contribution in [0, 0.1) is 13.8 Å². The van der Waals surface area contributed by atoms with Crippen molar-refractivity contribution in [3.05, 3.63) is 89.5 Å². The number of rotatable bonds is 13. The summed E-state index contributed by atoms with van der Waals surface area (Å²) >= 11 is 0. The SMILES string of the molecule is CCOc1ccccc1N(CC(=O)N(Cc1ccc(C)cc1)[C@@H](CC)C(=O)NC1CCCCC1)S(=O)(=O)c1ccc(C)cc1. The van der Waals surface area contributed by atoms with Gasteiger partial charge in [0.2, 0.25) is 11.8 Å². The van der Waals surface area contributed by atoms with Crippen LogP contribution in [0.5, 0.6) is 5.75 Å². The minimum atomic E-state index is -4.19. The minimum Gasteiger partial charge on any atom is -0.492 e. The standard InChI is InChI=1S/C35H45N3O5S/c1-5-31(35(40)36-29-12-8-7-9-13-29)37(24-28-20-16-26(3)17-21-28)34(39)25-38(32-14-10-11-15-33(32)43-6-2)44(41,42)30-22-18-27(4)19-23-30/h10-11,14-23,29,31H,5-9,12-13,24-25H2,1-4H3,(H,36,40)/t31-/m0/s1. The third kappa shape index (κ3) is 8.20. The van der Waals surface area contributed by atoms with E-state index in [0.717, 1.165) is 53.1 Å². The Bertz CT molecular complexity index is 1500. The molecule has 0 saturated heterocycles. The summed E-state index contributed by atoms with van der Waals surface area (Å²) in [6.45, 7) is 7.56. The first-order valence-electron chi connectivity index (χ1n) is 15.6. The summed E-state index contributed by atoms with van der Waals surface area (Å²) in [7, 11) is -4.19. The second-order valence-corrected chi connectivity index (χ2v) is 13.4.